The topological polar surface area (TPSA) is 52.0 Å². The highest BCUT2D eigenvalue weighted by Crippen LogP contribution is 2.46. The molecule has 1 fully saturated rings. The standard InChI is InChI=1S/C17H20N2/c18-14-8-4-12(5-9-14)16-2-1-3-17(16)13-6-10-15(19)11-7-13/h4-11,16-17H,1-3,18-19H2/t16-,17+. The molecule has 0 aromatic heterocycles. The number of benzene rings is 2. The Morgan fingerprint density at radius 1 is 0.632 bits per heavy atom. The predicted molar refractivity (Wildman–Crippen MR) is 81.0 cm³/mol. The second-order valence-corrected chi connectivity index (χ2v) is 5.48. The minimum absolute atomic E-state index is 0.615. The van der Waals surface area contributed by atoms with Gasteiger partial charge in [-0.3, -0.25) is 0 Å². The van der Waals surface area contributed by atoms with E-state index in [1.807, 2.05) is 24.3 Å². The van der Waals surface area contributed by atoms with Gasteiger partial charge < -0.3 is 11.5 Å². The summed E-state index contributed by atoms with van der Waals surface area (Å²) in [5, 5.41) is 0. The summed E-state index contributed by atoms with van der Waals surface area (Å²) in [4.78, 5) is 0. The largest absolute Gasteiger partial charge is 0.399 e. The van der Waals surface area contributed by atoms with Crippen LogP contribution in [0.15, 0.2) is 48.5 Å². The van der Waals surface area contributed by atoms with Crippen LogP contribution in [0.3, 0.4) is 0 Å². The van der Waals surface area contributed by atoms with E-state index in [2.05, 4.69) is 24.3 Å². The van der Waals surface area contributed by atoms with Crippen molar-refractivity contribution in [1.82, 2.24) is 0 Å². The summed E-state index contributed by atoms with van der Waals surface area (Å²) in [6, 6.07) is 16.7. The molecule has 4 N–H and O–H groups in total. The van der Waals surface area contributed by atoms with Crippen LogP contribution in [0.2, 0.25) is 0 Å². The van der Waals surface area contributed by atoms with Crippen LogP contribution in [-0.4, -0.2) is 0 Å². The number of hydrogen-bond donors (Lipinski definition) is 2. The lowest BCUT2D eigenvalue weighted by Gasteiger charge is -2.21. The Labute approximate surface area is 114 Å². The summed E-state index contributed by atoms with van der Waals surface area (Å²) in [6.07, 6.45) is 3.82. The maximum Gasteiger partial charge on any atom is 0.0314 e. The Morgan fingerprint density at radius 2 is 1.00 bits per heavy atom. The smallest absolute Gasteiger partial charge is 0.0314 e. The van der Waals surface area contributed by atoms with Gasteiger partial charge in [0.15, 0.2) is 0 Å². The van der Waals surface area contributed by atoms with E-state index in [0.29, 0.717) is 11.8 Å². The lowest BCUT2D eigenvalue weighted by atomic mass is 9.84. The molecule has 0 radical (unpaired) electrons. The third kappa shape index (κ3) is 2.43. The molecule has 0 unspecified atom stereocenters. The van der Waals surface area contributed by atoms with Crippen LogP contribution in [0.4, 0.5) is 11.4 Å². The zero-order chi connectivity index (χ0) is 13.2. The van der Waals surface area contributed by atoms with Gasteiger partial charge in [-0.05, 0) is 60.1 Å². The van der Waals surface area contributed by atoms with Crippen LogP contribution >= 0.6 is 0 Å². The molecule has 19 heavy (non-hydrogen) atoms. The molecule has 0 heterocycles. The fraction of sp³-hybridized carbons (Fsp3) is 0.294. The van der Waals surface area contributed by atoms with Crippen LogP contribution in [-0.2, 0) is 0 Å². The highest BCUT2D eigenvalue weighted by molar-refractivity contribution is 5.44. The van der Waals surface area contributed by atoms with Crippen molar-refractivity contribution in [3.05, 3.63) is 59.7 Å². The number of nitrogen functional groups attached to an aromatic ring is 2. The van der Waals surface area contributed by atoms with E-state index in [0.717, 1.165) is 11.4 Å². The lowest BCUT2D eigenvalue weighted by Crippen LogP contribution is -2.05. The first-order valence-corrected chi connectivity index (χ1v) is 6.95. The van der Waals surface area contributed by atoms with Gasteiger partial charge in [0.05, 0.1) is 0 Å². The minimum atomic E-state index is 0.615. The van der Waals surface area contributed by atoms with Gasteiger partial charge in [-0.2, -0.15) is 0 Å². The lowest BCUT2D eigenvalue weighted by molar-refractivity contribution is 0.624. The maximum absolute atomic E-state index is 5.77. The van der Waals surface area contributed by atoms with Crippen molar-refractivity contribution in [2.45, 2.75) is 31.1 Å². The molecule has 1 aliphatic carbocycles. The van der Waals surface area contributed by atoms with Crippen molar-refractivity contribution in [2.24, 2.45) is 0 Å². The van der Waals surface area contributed by atoms with Gasteiger partial charge >= 0.3 is 0 Å². The van der Waals surface area contributed by atoms with Crippen molar-refractivity contribution in [3.63, 3.8) is 0 Å². The zero-order valence-electron chi connectivity index (χ0n) is 11.0. The van der Waals surface area contributed by atoms with Crippen LogP contribution in [0, 0.1) is 0 Å². The molecule has 0 bridgehead atoms. The van der Waals surface area contributed by atoms with Crippen LogP contribution < -0.4 is 11.5 Å². The molecule has 2 atom stereocenters. The third-order valence-corrected chi connectivity index (χ3v) is 4.25. The Bertz CT molecular complexity index is 491. The quantitative estimate of drug-likeness (QED) is 0.796. The molecule has 0 spiro atoms. The van der Waals surface area contributed by atoms with Gasteiger partial charge in [0.25, 0.3) is 0 Å². The van der Waals surface area contributed by atoms with E-state index < -0.39 is 0 Å². The molecule has 1 aliphatic rings. The fourth-order valence-corrected chi connectivity index (χ4v) is 3.24. The molecule has 0 saturated heterocycles. The Kier molecular flexibility index (Phi) is 3.16. The number of rotatable bonds is 2. The molecule has 2 aromatic carbocycles. The van der Waals surface area contributed by atoms with Gasteiger partial charge in [-0.15, -0.1) is 0 Å². The van der Waals surface area contributed by atoms with Gasteiger partial charge in [0.2, 0.25) is 0 Å². The maximum atomic E-state index is 5.77. The molecule has 2 heteroatoms. The monoisotopic (exact) mass is 252 g/mol. The minimum Gasteiger partial charge on any atom is -0.399 e. The molecule has 98 valence electrons. The second-order valence-electron chi connectivity index (χ2n) is 5.48. The first-order chi connectivity index (χ1) is 9.24. The molecule has 2 aromatic rings. The first-order valence-electron chi connectivity index (χ1n) is 6.95. The molecule has 0 aliphatic heterocycles. The molecule has 3 rings (SSSR count). The van der Waals surface area contributed by atoms with Crippen LogP contribution in [0.5, 0.6) is 0 Å². The Morgan fingerprint density at radius 3 is 1.37 bits per heavy atom. The van der Waals surface area contributed by atoms with E-state index in [9.17, 15) is 0 Å². The number of anilines is 2. The van der Waals surface area contributed by atoms with Crippen molar-refractivity contribution >= 4 is 11.4 Å². The predicted octanol–water partition coefficient (Wildman–Crippen LogP) is 3.90. The van der Waals surface area contributed by atoms with Gasteiger partial charge in [0, 0.05) is 11.4 Å². The van der Waals surface area contributed by atoms with E-state index in [4.69, 9.17) is 11.5 Å². The van der Waals surface area contributed by atoms with Gasteiger partial charge in [0.1, 0.15) is 0 Å². The van der Waals surface area contributed by atoms with Crippen LogP contribution in [0.25, 0.3) is 0 Å². The van der Waals surface area contributed by atoms with Crippen molar-refractivity contribution < 1.29 is 0 Å². The summed E-state index contributed by atoms with van der Waals surface area (Å²) in [6.45, 7) is 0. The first kappa shape index (κ1) is 12.1. The van der Waals surface area contributed by atoms with E-state index in [-0.39, 0.29) is 0 Å². The highest BCUT2D eigenvalue weighted by atomic mass is 14.5. The van der Waals surface area contributed by atoms with Gasteiger partial charge in [-0.1, -0.05) is 30.7 Å². The molecule has 1 saturated carbocycles. The molecule has 2 nitrogen and oxygen atoms in total. The van der Waals surface area contributed by atoms with Gasteiger partial charge in [-0.25, -0.2) is 0 Å². The molecule has 0 amide bonds. The average molecular weight is 252 g/mol. The summed E-state index contributed by atoms with van der Waals surface area (Å²) >= 11 is 0. The van der Waals surface area contributed by atoms with Crippen molar-refractivity contribution in [2.75, 3.05) is 11.5 Å². The Hall–Kier alpha value is -1.96. The van der Waals surface area contributed by atoms with Crippen molar-refractivity contribution in [3.8, 4) is 0 Å². The Balaban J connectivity index is 1.89. The van der Waals surface area contributed by atoms with E-state index >= 15 is 0 Å². The summed E-state index contributed by atoms with van der Waals surface area (Å²) in [5.74, 6) is 1.23. The summed E-state index contributed by atoms with van der Waals surface area (Å²) in [5.41, 5.74) is 16.0. The SMILES string of the molecule is Nc1ccc([C@H]2CCC[C@H]2c2ccc(N)cc2)cc1. The fourth-order valence-electron chi connectivity index (χ4n) is 3.24. The summed E-state index contributed by atoms with van der Waals surface area (Å²) in [7, 11) is 0. The van der Waals surface area contributed by atoms with E-state index in [1.54, 1.807) is 0 Å². The number of nitrogens with two attached hydrogens (primary N) is 2. The number of hydrogen-bond acceptors (Lipinski definition) is 2. The zero-order valence-corrected chi connectivity index (χ0v) is 11.0. The summed E-state index contributed by atoms with van der Waals surface area (Å²) < 4.78 is 0. The third-order valence-electron chi connectivity index (χ3n) is 4.25. The molecular weight excluding hydrogens is 232 g/mol. The van der Waals surface area contributed by atoms with Crippen LogP contribution in [0.1, 0.15) is 42.2 Å². The normalized spacial score (nSPS) is 22.5. The highest BCUT2D eigenvalue weighted by Gasteiger charge is 2.29. The molecular formula is C17H20N2. The van der Waals surface area contributed by atoms with E-state index in [1.165, 1.54) is 30.4 Å². The second kappa shape index (κ2) is 4.96. The van der Waals surface area contributed by atoms with Crippen molar-refractivity contribution in [1.29, 1.82) is 0 Å². The average Bonchev–Trinajstić information content (AvgIpc) is 2.90.